The summed E-state index contributed by atoms with van der Waals surface area (Å²) in [5.74, 6) is 0. The molecule has 12 heteroatoms. The van der Waals surface area contributed by atoms with Crippen molar-refractivity contribution in [2.24, 2.45) is 14.1 Å². The van der Waals surface area contributed by atoms with Gasteiger partial charge in [0.1, 0.15) is 0 Å². The van der Waals surface area contributed by atoms with E-state index in [0.717, 1.165) is 4.57 Å². The van der Waals surface area contributed by atoms with E-state index in [1.165, 1.54) is 49.3 Å². The van der Waals surface area contributed by atoms with Gasteiger partial charge in [-0.3, -0.25) is 24.0 Å². The zero-order valence-electron chi connectivity index (χ0n) is 16.4. The zero-order chi connectivity index (χ0) is 22.0. The number of aliphatic hydroxyl groups is 2. The Morgan fingerprint density at radius 3 is 2.47 bits per heavy atom. The van der Waals surface area contributed by atoms with Crippen LogP contribution in [-0.2, 0) is 20.6 Å². The molecule has 0 radical (unpaired) electrons. The lowest BCUT2D eigenvalue weighted by Crippen LogP contribution is -2.40. The molecule has 160 valence electrons. The van der Waals surface area contributed by atoms with Gasteiger partial charge in [0.2, 0.25) is 0 Å². The topological polar surface area (TPSA) is 157 Å². The third-order valence-corrected chi connectivity index (χ3v) is 5.00. The molecule has 3 aromatic rings. The number of nitro benzene ring substituents is 1. The minimum Gasteiger partial charge on any atom is -0.395 e. The molecule has 0 aliphatic carbocycles. The van der Waals surface area contributed by atoms with Crippen LogP contribution < -0.4 is 16.6 Å². The second-order valence-electron chi connectivity index (χ2n) is 6.85. The largest absolute Gasteiger partial charge is 0.395 e. The third kappa shape index (κ3) is 3.87. The highest BCUT2D eigenvalue weighted by atomic mass is 16.6. The molecule has 12 nitrogen and oxygen atoms in total. The van der Waals surface area contributed by atoms with Crippen molar-refractivity contribution in [3.05, 3.63) is 67.1 Å². The van der Waals surface area contributed by atoms with E-state index in [-0.39, 0.29) is 30.0 Å². The highest BCUT2D eigenvalue weighted by Gasteiger charge is 2.21. The van der Waals surface area contributed by atoms with Gasteiger partial charge in [0.05, 0.1) is 30.0 Å². The first-order chi connectivity index (χ1) is 14.3. The Kier molecular flexibility index (Phi) is 6.10. The van der Waals surface area contributed by atoms with E-state index >= 15 is 0 Å². The van der Waals surface area contributed by atoms with E-state index in [1.807, 2.05) is 0 Å². The molecule has 0 amide bonds. The number of nitrogens with zero attached hydrogens (tertiary/aromatic N) is 5. The van der Waals surface area contributed by atoms with Crippen LogP contribution >= 0.6 is 0 Å². The number of benzene rings is 1. The van der Waals surface area contributed by atoms with Crippen LogP contribution in [-0.4, -0.2) is 53.0 Å². The van der Waals surface area contributed by atoms with Gasteiger partial charge in [-0.1, -0.05) is 0 Å². The van der Waals surface area contributed by atoms with Crippen LogP contribution in [0.4, 0.5) is 5.69 Å². The average Bonchev–Trinajstić information content (AvgIpc) is 3.17. The molecule has 0 fully saturated rings. The zero-order valence-corrected chi connectivity index (χ0v) is 16.4. The maximum Gasteiger partial charge on any atom is 0.332 e. The van der Waals surface area contributed by atoms with Crippen molar-refractivity contribution in [3.63, 3.8) is 0 Å². The van der Waals surface area contributed by atoms with Gasteiger partial charge >= 0.3 is 5.69 Å². The minimum atomic E-state index is -1.09. The molecular weight excluding hydrogens is 396 g/mol. The molecule has 2 atom stereocenters. The smallest absolute Gasteiger partial charge is 0.332 e. The molecule has 1 aromatic carbocycles. The van der Waals surface area contributed by atoms with Crippen molar-refractivity contribution in [2.45, 2.75) is 18.7 Å². The van der Waals surface area contributed by atoms with E-state index in [4.69, 9.17) is 0 Å². The van der Waals surface area contributed by atoms with Crippen molar-refractivity contribution >= 4 is 16.9 Å². The number of hydrogen-bond acceptors (Lipinski definition) is 8. The summed E-state index contributed by atoms with van der Waals surface area (Å²) >= 11 is 0. The van der Waals surface area contributed by atoms with Gasteiger partial charge in [-0.15, -0.1) is 0 Å². The van der Waals surface area contributed by atoms with Gasteiger partial charge in [-0.25, -0.2) is 9.78 Å². The summed E-state index contributed by atoms with van der Waals surface area (Å²) in [6.07, 6.45) is 0.359. The number of aliphatic hydroxyl groups excluding tert-OH is 2. The molecule has 0 spiro atoms. The van der Waals surface area contributed by atoms with Crippen LogP contribution in [0.2, 0.25) is 0 Å². The van der Waals surface area contributed by atoms with Gasteiger partial charge in [-0.2, -0.15) is 0 Å². The molecule has 0 aliphatic rings. The minimum absolute atomic E-state index is 0.0950. The lowest BCUT2D eigenvalue weighted by atomic mass is 10.0. The second kappa shape index (κ2) is 8.57. The quantitative estimate of drug-likeness (QED) is 0.311. The first kappa shape index (κ1) is 21.4. The summed E-state index contributed by atoms with van der Waals surface area (Å²) in [5.41, 5.74) is -0.0604. The number of aryl methyl sites for hydroxylation is 1. The summed E-state index contributed by atoms with van der Waals surface area (Å²) in [5, 5.41) is 33.9. The van der Waals surface area contributed by atoms with Crippen LogP contribution in [0.25, 0.3) is 11.2 Å². The fraction of sp³-hybridized carbons (Fsp3) is 0.389. The molecule has 2 aromatic heterocycles. The van der Waals surface area contributed by atoms with E-state index < -0.39 is 28.3 Å². The molecule has 2 heterocycles. The van der Waals surface area contributed by atoms with Crippen molar-refractivity contribution in [2.75, 3.05) is 13.2 Å². The standard InChI is InChI=1S/C18H22N6O6/c1-21-16-14(17(27)22(2)18(21)28)23(10-20-16)8-7-19-13(9-25)15(26)11-3-5-12(6-4-11)24(29)30/h3-6,10,13,15,19,25-26H,7-9H2,1-2H3/t13-,15-/m0/s1. The van der Waals surface area contributed by atoms with Crippen LogP contribution in [0.15, 0.2) is 40.2 Å². The number of nitrogens with one attached hydrogen (secondary N) is 1. The number of rotatable bonds is 8. The summed E-state index contributed by atoms with van der Waals surface area (Å²) < 4.78 is 3.88. The first-order valence-corrected chi connectivity index (χ1v) is 9.13. The van der Waals surface area contributed by atoms with E-state index in [0.29, 0.717) is 12.1 Å². The second-order valence-corrected chi connectivity index (χ2v) is 6.85. The SMILES string of the molecule is Cn1c(=O)c2c(ncn2CCN[C@@H](CO)[C@@H](O)c2ccc([N+](=O)[O-])cc2)n(C)c1=O. The molecule has 0 bridgehead atoms. The molecule has 30 heavy (non-hydrogen) atoms. The van der Waals surface area contributed by atoms with Crippen LogP contribution in [0.3, 0.4) is 0 Å². The average molecular weight is 418 g/mol. The third-order valence-electron chi connectivity index (χ3n) is 5.00. The first-order valence-electron chi connectivity index (χ1n) is 9.13. The van der Waals surface area contributed by atoms with Crippen LogP contribution in [0, 0.1) is 10.1 Å². The molecule has 3 rings (SSSR count). The number of non-ortho nitro benzene ring substituents is 1. The number of aromatic nitrogens is 4. The predicted molar refractivity (Wildman–Crippen MR) is 107 cm³/mol. The van der Waals surface area contributed by atoms with Gasteiger partial charge in [0.15, 0.2) is 11.2 Å². The molecule has 0 saturated carbocycles. The van der Waals surface area contributed by atoms with E-state index in [2.05, 4.69) is 10.3 Å². The Morgan fingerprint density at radius 2 is 1.87 bits per heavy atom. The number of nitro groups is 1. The maximum atomic E-state index is 12.4. The predicted octanol–water partition coefficient (Wildman–Crippen LogP) is -0.974. The monoisotopic (exact) mass is 418 g/mol. The summed E-state index contributed by atoms with van der Waals surface area (Å²) in [7, 11) is 2.92. The number of fused-ring (bicyclic) bond motifs is 1. The van der Waals surface area contributed by atoms with Crippen molar-refractivity contribution in [1.29, 1.82) is 0 Å². The number of imidazole rings is 1. The number of hydrogen-bond donors (Lipinski definition) is 3. The highest BCUT2D eigenvalue weighted by Crippen LogP contribution is 2.20. The Morgan fingerprint density at radius 1 is 1.20 bits per heavy atom. The fourth-order valence-corrected chi connectivity index (χ4v) is 3.24. The normalized spacial score (nSPS) is 13.5. The van der Waals surface area contributed by atoms with Gasteiger partial charge in [-0.05, 0) is 17.7 Å². The summed E-state index contributed by atoms with van der Waals surface area (Å²) in [6, 6.07) is 4.70. The molecule has 0 unspecified atom stereocenters. The summed E-state index contributed by atoms with van der Waals surface area (Å²) in [6.45, 7) is 0.208. The lowest BCUT2D eigenvalue weighted by Gasteiger charge is -2.22. The molecule has 0 saturated heterocycles. The van der Waals surface area contributed by atoms with Gasteiger partial charge in [0, 0.05) is 39.3 Å². The van der Waals surface area contributed by atoms with Crippen molar-refractivity contribution in [1.82, 2.24) is 24.0 Å². The van der Waals surface area contributed by atoms with Crippen molar-refractivity contribution < 1.29 is 15.1 Å². The van der Waals surface area contributed by atoms with Crippen molar-refractivity contribution in [3.8, 4) is 0 Å². The van der Waals surface area contributed by atoms with E-state index in [9.17, 15) is 29.9 Å². The van der Waals surface area contributed by atoms with Gasteiger partial charge < -0.3 is 20.1 Å². The Hall–Kier alpha value is -3.35. The van der Waals surface area contributed by atoms with Crippen LogP contribution in [0.1, 0.15) is 11.7 Å². The molecule has 0 aliphatic heterocycles. The van der Waals surface area contributed by atoms with Crippen LogP contribution in [0.5, 0.6) is 0 Å². The molecule has 3 N–H and O–H groups in total. The Bertz CT molecular complexity index is 1180. The lowest BCUT2D eigenvalue weighted by molar-refractivity contribution is -0.384. The summed E-state index contributed by atoms with van der Waals surface area (Å²) in [4.78, 5) is 38.8. The Balaban J connectivity index is 1.72. The van der Waals surface area contributed by atoms with Gasteiger partial charge in [0.25, 0.3) is 11.2 Å². The maximum absolute atomic E-state index is 12.4. The fourth-order valence-electron chi connectivity index (χ4n) is 3.24. The van der Waals surface area contributed by atoms with E-state index in [1.54, 1.807) is 4.57 Å². The molecular formula is C18H22N6O6. The Labute approximate surface area is 169 Å². The highest BCUT2D eigenvalue weighted by molar-refractivity contribution is 5.69.